The number of nitrogens with zero attached hydrogens (tertiary/aromatic N) is 2. The molecule has 0 unspecified atom stereocenters. The summed E-state index contributed by atoms with van der Waals surface area (Å²) in [4.78, 5) is 0. The Balaban J connectivity index is 1.80. The number of rotatable bonds is 7. The molecular formula is C16H21ClN4O2S. The first-order chi connectivity index (χ1) is 11.5. The van der Waals surface area contributed by atoms with Crippen molar-refractivity contribution in [2.75, 3.05) is 26.1 Å². The molecule has 0 radical (unpaired) electrons. The average Bonchev–Trinajstić information content (AvgIpc) is 2.90. The van der Waals surface area contributed by atoms with E-state index >= 15 is 0 Å². The first kappa shape index (κ1) is 18.4. The molecule has 0 aliphatic heterocycles. The van der Waals surface area contributed by atoms with Crippen molar-refractivity contribution < 1.29 is 9.47 Å². The Morgan fingerprint density at radius 1 is 1.25 bits per heavy atom. The molecule has 0 atom stereocenters. The van der Waals surface area contributed by atoms with Crippen LogP contribution in [0, 0.1) is 6.92 Å². The minimum absolute atomic E-state index is 0.542. The minimum Gasteiger partial charge on any atom is -0.497 e. The molecule has 0 amide bonds. The quantitative estimate of drug-likeness (QED) is 0.578. The number of hydrogen-bond donors (Lipinski definition) is 2. The van der Waals surface area contributed by atoms with Crippen LogP contribution < -0.4 is 20.1 Å². The zero-order valence-electron chi connectivity index (χ0n) is 13.9. The van der Waals surface area contributed by atoms with Crippen molar-refractivity contribution >= 4 is 34.6 Å². The second kappa shape index (κ2) is 8.75. The molecule has 1 aromatic heterocycles. The average molecular weight is 369 g/mol. The fourth-order valence-electron chi connectivity index (χ4n) is 2.13. The lowest BCUT2D eigenvalue weighted by molar-refractivity contribution is 0.395. The smallest absolute Gasteiger partial charge is 0.170 e. The number of benzene rings is 1. The lowest BCUT2D eigenvalue weighted by Gasteiger charge is -2.13. The second-order valence-corrected chi connectivity index (χ2v) is 5.95. The van der Waals surface area contributed by atoms with Crippen LogP contribution in [-0.4, -0.2) is 35.7 Å². The number of aryl methyl sites for hydroxylation is 1. The molecule has 6 nitrogen and oxygen atoms in total. The monoisotopic (exact) mass is 368 g/mol. The van der Waals surface area contributed by atoms with E-state index in [4.69, 9.17) is 33.3 Å². The van der Waals surface area contributed by atoms with E-state index in [1.54, 1.807) is 26.5 Å². The summed E-state index contributed by atoms with van der Waals surface area (Å²) in [6.45, 7) is 3.45. The van der Waals surface area contributed by atoms with Crippen molar-refractivity contribution in [1.82, 2.24) is 15.1 Å². The van der Waals surface area contributed by atoms with Crippen LogP contribution in [0.2, 0.25) is 5.02 Å². The van der Waals surface area contributed by atoms with Crippen molar-refractivity contribution in [3.8, 4) is 11.5 Å². The van der Waals surface area contributed by atoms with E-state index in [1.165, 1.54) is 0 Å². The van der Waals surface area contributed by atoms with Crippen molar-refractivity contribution in [1.29, 1.82) is 0 Å². The highest BCUT2D eigenvalue weighted by Gasteiger charge is 2.05. The van der Waals surface area contributed by atoms with Gasteiger partial charge in [0.2, 0.25) is 0 Å². The maximum absolute atomic E-state index is 5.98. The largest absolute Gasteiger partial charge is 0.497 e. The molecule has 0 aliphatic carbocycles. The summed E-state index contributed by atoms with van der Waals surface area (Å²) in [5.74, 6) is 1.40. The van der Waals surface area contributed by atoms with E-state index in [-0.39, 0.29) is 0 Å². The lowest BCUT2D eigenvalue weighted by Crippen LogP contribution is -2.29. The van der Waals surface area contributed by atoms with Crippen molar-refractivity contribution in [3.05, 3.63) is 35.1 Å². The number of anilines is 1. The molecule has 0 aliphatic rings. The predicted octanol–water partition coefficient (Wildman–Crippen LogP) is 3.24. The summed E-state index contributed by atoms with van der Waals surface area (Å²) in [5, 5.41) is 11.7. The van der Waals surface area contributed by atoms with Crippen LogP contribution in [0.4, 0.5) is 5.69 Å². The highest BCUT2D eigenvalue weighted by molar-refractivity contribution is 7.80. The van der Waals surface area contributed by atoms with Crippen LogP contribution in [-0.2, 0) is 6.54 Å². The minimum atomic E-state index is 0.542. The lowest BCUT2D eigenvalue weighted by atomic mass is 10.3. The molecule has 130 valence electrons. The van der Waals surface area contributed by atoms with Gasteiger partial charge in [-0.2, -0.15) is 5.10 Å². The molecule has 1 aromatic carbocycles. The fraction of sp³-hybridized carbons (Fsp3) is 0.375. The molecule has 0 bridgehead atoms. The summed E-state index contributed by atoms with van der Waals surface area (Å²) in [6.07, 6.45) is 2.54. The predicted molar refractivity (Wildman–Crippen MR) is 100 cm³/mol. The highest BCUT2D eigenvalue weighted by Crippen LogP contribution is 2.25. The van der Waals surface area contributed by atoms with Gasteiger partial charge in [0.1, 0.15) is 11.5 Å². The summed E-state index contributed by atoms with van der Waals surface area (Å²) in [5.41, 5.74) is 1.78. The van der Waals surface area contributed by atoms with E-state index in [2.05, 4.69) is 15.7 Å². The van der Waals surface area contributed by atoms with Gasteiger partial charge in [0.15, 0.2) is 5.11 Å². The molecular weight excluding hydrogens is 348 g/mol. The molecule has 1 heterocycles. The van der Waals surface area contributed by atoms with Gasteiger partial charge in [-0.3, -0.25) is 4.68 Å². The highest BCUT2D eigenvalue weighted by atomic mass is 35.5. The van der Waals surface area contributed by atoms with E-state index in [1.807, 2.05) is 23.7 Å². The Labute approximate surface area is 152 Å². The summed E-state index contributed by atoms with van der Waals surface area (Å²) in [6, 6.07) is 5.51. The van der Waals surface area contributed by atoms with E-state index in [9.17, 15) is 0 Å². The molecule has 2 N–H and O–H groups in total. The van der Waals surface area contributed by atoms with Crippen molar-refractivity contribution in [3.63, 3.8) is 0 Å². The normalized spacial score (nSPS) is 10.3. The molecule has 2 rings (SSSR count). The summed E-state index contributed by atoms with van der Waals surface area (Å²) in [7, 11) is 3.22. The Bertz CT molecular complexity index is 683. The Morgan fingerprint density at radius 3 is 2.46 bits per heavy atom. The molecule has 8 heteroatoms. The second-order valence-electron chi connectivity index (χ2n) is 5.14. The Hall–Kier alpha value is -1.99. The maximum Gasteiger partial charge on any atom is 0.170 e. The molecule has 24 heavy (non-hydrogen) atoms. The third kappa shape index (κ3) is 5.01. The number of thiocarbonyl (C=S) groups is 1. The summed E-state index contributed by atoms with van der Waals surface area (Å²) < 4.78 is 12.4. The van der Waals surface area contributed by atoms with Crippen molar-refractivity contribution in [2.45, 2.75) is 19.9 Å². The van der Waals surface area contributed by atoms with E-state index in [0.29, 0.717) is 21.6 Å². The molecule has 0 spiro atoms. The van der Waals surface area contributed by atoms with Crippen molar-refractivity contribution in [2.24, 2.45) is 0 Å². The number of hydrogen-bond acceptors (Lipinski definition) is 4. The first-order valence-corrected chi connectivity index (χ1v) is 8.28. The zero-order valence-corrected chi connectivity index (χ0v) is 15.5. The maximum atomic E-state index is 5.98. The van der Waals surface area contributed by atoms with Gasteiger partial charge in [0.25, 0.3) is 0 Å². The van der Waals surface area contributed by atoms with E-state index < -0.39 is 0 Å². The number of halogens is 1. The van der Waals surface area contributed by atoms with Crippen LogP contribution in [0.3, 0.4) is 0 Å². The summed E-state index contributed by atoms with van der Waals surface area (Å²) >= 11 is 11.3. The van der Waals surface area contributed by atoms with Gasteiger partial charge in [-0.05, 0) is 25.6 Å². The van der Waals surface area contributed by atoms with Gasteiger partial charge in [-0.15, -0.1) is 0 Å². The van der Waals surface area contributed by atoms with Crippen LogP contribution in [0.25, 0.3) is 0 Å². The molecule has 0 saturated carbocycles. The van der Waals surface area contributed by atoms with E-state index in [0.717, 1.165) is 30.9 Å². The van der Waals surface area contributed by atoms with Gasteiger partial charge in [0.05, 0.1) is 31.1 Å². The first-order valence-electron chi connectivity index (χ1n) is 7.49. The van der Waals surface area contributed by atoms with Gasteiger partial charge in [0, 0.05) is 37.0 Å². The van der Waals surface area contributed by atoms with Crippen LogP contribution in [0.5, 0.6) is 11.5 Å². The third-order valence-electron chi connectivity index (χ3n) is 3.48. The SMILES string of the molecule is COc1cc(NC(=S)NCCCn2ncc(Cl)c2C)cc(OC)c1. The van der Waals surface area contributed by atoms with Gasteiger partial charge in [-0.1, -0.05) is 11.6 Å². The Kier molecular flexibility index (Phi) is 6.69. The van der Waals surface area contributed by atoms with Crippen LogP contribution >= 0.6 is 23.8 Å². The van der Waals surface area contributed by atoms with Gasteiger partial charge >= 0.3 is 0 Å². The number of aromatic nitrogens is 2. The Morgan fingerprint density at radius 2 is 1.92 bits per heavy atom. The molecule has 0 saturated heterocycles. The topological polar surface area (TPSA) is 60.3 Å². The van der Waals surface area contributed by atoms with Gasteiger partial charge in [-0.25, -0.2) is 0 Å². The number of nitrogens with one attached hydrogen (secondary N) is 2. The zero-order chi connectivity index (χ0) is 17.5. The molecule has 2 aromatic rings. The van der Waals surface area contributed by atoms with Gasteiger partial charge < -0.3 is 20.1 Å². The fourth-order valence-corrected chi connectivity index (χ4v) is 2.50. The van der Waals surface area contributed by atoms with Crippen LogP contribution in [0.15, 0.2) is 24.4 Å². The standard InChI is InChI=1S/C16H21ClN4O2S/c1-11-15(17)10-19-21(11)6-4-5-18-16(24)20-12-7-13(22-2)9-14(8-12)23-3/h7-10H,4-6H2,1-3H3,(H2,18,20,24). The number of ether oxygens (including phenoxy) is 2. The number of methoxy groups -OCH3 is 2. The third-order valence-corrected chi connectivity index (χ3v) is 4.10. The molecule has 0 fully saturated rings. The van der Waals surface area contributed by atoms with Crippen LogP contribution in [0.1, 0.15) is 12.1 Å².